The maximum absolute atomic E-state index is 13.3. The minimum Gasteiger partial charge on any atom is -0.324 e. The van der Waals surface area contributed by atoms with Crippen LogP contribution in [0.2, 0.25) is 0 Å². The highest BCUT2D eigenvalue weighted by molar-refractivity contribution is 6.10. The lowest BCUT2D eigenvalue weighted by Gasteiger charge is -2.43. The average molecular weight is 420 g/mol. The Morgan fingerprint density at radius 3 is 2.45 bits per heavy atom. The molecule has 6 heteroatoms. The van der Waals surface area contributed by atoms with E-state index in [0.717, 1.165) is 22.4 Å². The number of rotatable bonds is 4. The summed E-state index contributed by atoms with van der Waals surface area (Å²) >= 11 is 0. The maximum Gasteiger partial charge on any atom is 0.325 e. The number of benzene rings is 2. The number of nitrogens with zero attached hydrogens (tertiary/aromatic N) is 1. The fraction of sp³-hybridized carbons (Fsp3) is 0.400. The topological polar surface area (TPSA) is 78.5 Å². The van der Waals surface area contributed by atoms with Crippen molar-refractivity contribution >= 4 is 23.5 Å². The summed E-state index contributed by atoms with van der Waals surface area (Å²) < 4.78 is 0. The molecule has 0 aromatic heterocycles. The van der Waals surface area contributed by atoms with E-state index in [0.29, 0.717) is 24.4 Å². The predicted molar refractivity (Wildman–Crippen MR) is 120 cm³/mol. The van der Waals surface area contributed by atoms with E-state index in [2.05, 4.69) is 31.4 Å². The van der Waals surface area contributed by atoms with Crippen LogP contribution in [0.5, 0.6) is 0 Å². The molecule has 4 rings (SSSR count). The second-order valence-electron chi connectivity index (χ2n) is 9.72. The number of carbonyl (C=O) groups excluding carboxylic acids is 3. The van der Waals surface area contributed by atoms with Gasteiger partial charge in [0.05, 0.1) is 0 Å². The number of imide groups is 1. The highest BCUT2D eigenvalue weighted by atomic mass is 16.2. The van der Waals surface area contributed by atoms with Gasteiger partial charge in [-0.1, -0.05) is 69.3 Å². The van der Waals surface area contributed by atoms with Gasteiger partial charge < -0.3 is 10.6 Å². The van der Waals surface area contributed by atoms with Gasteiger partial charge in [-0.2, -0.15) is 0 Å². The number of anilines is 1. The van der Waals surface area contributed by atoms with Crippen molar-refractivity contribution in [2.75, 3.05) is 11.9 Å². The van der Waals surface area contributed by atoms with Gasteiger partial charge in [0.15, 0.2) is 0 Å². The van der Waals surface area contributed by atoms with Crippen LogP contribution in [-0.4, -0.2) is 34.8 Å². The van der Waals surface area contributed by atoms with Crippen molar-refractivity contribution in [1.29, 1.82) is 0 Å². The van der Waals surface area contributed by atoms with Gasteiger partial charge in [-0.3, -0.25) is 14.5 Å². The van der Waals surface area contributed by atoms with Crippen LogP contribution in [0.3, 0.4) is 0 Å². The highest BCUT2D eigenvalue weighted by Gasteiger charge is 2.56. The van der Waals surface area contributed by atoms with E-state index >= 15 is 0 Å². The number of nitrogens with one attached hydrogen (secondary N) is 2. The van der Waals surface area contributed by atoms with E-state index in [9.17, 15) is 14.4 Å². The summed E-state index contributed by atoms with van der Waals surface area (Å²) in [5.41, 5.74) is 1.56. The van der Waals surface area contributed by atoms with Crippen molar-refractivity contribution in [3.05, 3.63) is 54.6 Å². The molecule has 1 heterocycles. The van der Waals surface area contributed by atoms with Crippen LogP contribution in [0.1, 0.15) is 40.0 Å². The zero-order valence-electron chi connectivity index (χ0n) is 18.3. The van der Waals surface area contributed by atoms with E-state index in [1.807, 2.05) is 54.6 Å². The fourth-order valence-electron chi connectivity index (χ4n) is 5.44. The SMILES string of the molecule is CC1CC(C)(C)CC2(C1)NC(=O)N(CC(=O)Nc1ccccc1-c1ccccc1)C2=O. The first-order valence-corrected chi connectivity index (χ1v) is 10.8. The Morgan fingerprint density at radius 1 is 1.06 bits per heavy atom. The minimum atomic E-state index is -0.902. The smallest absolute Gasteiger partial charge is 0.324 e. The summed E-state index contributed by atoms with van der Waals surface area (Å²) in [6.45, 7) is 6.06. The summed E-state index contributed by atoms with van der Waals surface area (Å²) in [6, 6.07) is 16.8. The minimum absolute atomic E-state index is 0.0481. The first kappa shape index (κ1) is 21.1. The Balaban J connectivity index is 1.50. The molecule has 4 amide bonds. The number of urea groups is 1. The van der Waals surface area contributed by atoms with Crippen LogP contribution in [0.4, 0.5) is 10.5 Å². The summed E-state index contributed by atoms with van der Waals surface area (Å²) in [4.78, 5) is 39.8. The number of hydrogen-bond acceptors (Lipinski definition) is 3. The van der Waals surface area contributed by atoms with Crippen LogP contribution < -0.4 is 10.6 Å². The van der Waals surface area contributed by atoms with Crippen molar-refractivity contribution in [2.45, 2.75) is 45.6 Å². The van der Waals surface area contributed by atoms with Crippen LogP contribution in [0, 0.1) is 11.3 Å². The van der Waals surface area contributed by atoms with E-state index in [1.165, 1.54) is 0 Å². The van der Waals surface area contributed by atoms with E-state index < -0.39 is 17.5 Å². The second kappa shape index (κ2) is 7.84. The molecule has 2 N–H and O–H groups in total. The van der Waals surface area contributed by atoms with Gasteiger partial charge >= 0.3 is 6.03 Å². The van der Waals surface area contributed by atoms with Gasteiger partial charge in [0.2, 0.25) is 5.91 Å². The molecule has 6 nitrogen and oxygen atoms in total. The third-order valence-corrected chi connectivity index (χ3v) is 6.21. The average Bonchev–Trinajstić information content (AvgIpc) is 2.90. The molecule has 2 aromatic rings. The van der Waals surface area contributed by atoms with Crippen LogP contribution in [0.15, 0.2) is 54.6 Å². The lowest BCUT2D eigenvalue weighted by molar-refractivity contribution is -0.136. The van der Waals surface area contributed by atoms with Crippen molar-refractivity contribution in [2.24, 2.45) is 11.3 Å². The fourth-order valence-corrected chi connectivity index (χ4v) is 5.44. The van der Waals surface area contributed by atoms with E-state index in [-0.39, 0.29) is 17.9 Å². The van der Waals surface area contributed by atoms with Gasteiger partial charge in [-0.15, -0.1) is 0 Å². The maximum atomic E-state index is 13.3. The van der Waals surface area contributed by atoms with Crippen molar-refractivity contribution in [1.82, 2.24) is 10.2 Å². The molecule has 2 aromatic carbocycles. The lowest BCUT2D eigenvalue weighted by atomic mass is 9.64. The Morgan fingerprint density at radius 2 is 1.74 bits per heavy atom. The molecule has 1 spiro atoms. The first-order valence-electron chi connectivity index (χ1n) is 10.8. The summed E-state index contributed by atoms with van der Waals surface area (Å²) in [5.74, 6) is -0.366. The van der Waals surface area contributed by atoms with Gasteiger partial charge in [0.25, 0.3) is 5.91 Å². The van der Waals surface area contributed by atoms with Crippen LogP contribution >= 0.6 is 0 Å². The Bertz CT molecular complexity index is 1020. The molecule has 0 bridgehead atoms. The monoisotopic (exact) mass is 419 g/mol. The molecule has 2 unspecified atom stereocenters. The normalized spacial score (nSPS) is 24.9. The first-order chi connectivity index (χ1) is 14.7. The van der Waals surface area contributed by atoms with Gasteiger partial charge in [-0.25, -0.2) is 4.79 Å². The Hall–Kier alpha value is -3.15. The molecule has 2 atom stereocenters. The van der Waals surface area contributed by atoms with Crippen molar-refractivity contribution < 1.29 is 14.4 Å². The third kappa shape index (κ3) is 4.20. The van der Waals surface area contributed by atoms with Gasteiger partial charge in [0, 0.05) is 11.3 Å². The summed E-state index contributed by atoms with van der Waals surface area (Å²) in [6.07, 6.45) is 2.20. The number of carbonyl (C=O) groups is 3. The molecule has 1 aliphatic carbocycles. The predicted octanol–water partition coefficient (Wildman–Crippen LogP) is 4.43. The van der Waals surface area contributed by atoms with Gasteiger partial charge in [-0.05, 0) is 42.2 Å². The Labute approximate surface area is 183 Å². The molecule has 31 heavy (non-hydrogen) atoms. The molecular formula is C25H29N3O3. The quantitative estimate of drug-likeness (QED) is 0.720. The van der Waals surface area contributed by atoms with Gasteiger partial charge in [0.1, 0.15) is 12.1 Å². The number of hydrogen-bond donors (Lipinski definition) is 2. The molecule has 1 saturated carbocycles. The molecule has 2 fully saturated rings. The van der Waals surface area contributed by atoms with Crippen LogP contribution in [-0.2, 0) is 9.59 Å². The number of para-hydroxylation sites is 1. The summed E-state index contributed by atoms with van der Waals surface area (Å²) in [5, 5.41) is 5.80. The largest absolute Gasteiger partial charge is 0.325 e. The molecular weight excluding hydrogens is 390 g/mol. The van der Waals surface area contributed by atoms with Crippen LogP contribution in [0.25, 0.3) is 11.1 Å². The van der Waals surface area contributed by atoms with Crippen molar-refractivity contribution in [3.8, 4) is 11.1 Å². The molecule has 0 radical (unpaired) electrons. The Kier molecular flexibility index (Phi) is 5.33. The molecule has 2 aliphatic rings. The molecule has 162 valence electrons. The summed E-state index contributed by atoms with van der Waals surface area (Å²) in [7, 11) is 0. The van der Waals surface area contributed by atoms with Crippen molar-refractivity contribution in [3.63, 3.8) is 0 Å². The zero-order chi connectivity index (χ0) is 22.2. The molecule has 1 saturated heterocycles. The molecule has 1 aliphatic heterocycles. The zero-order valence-corrected chi connectivity index (χ0v) is 18.3. The van der Waals surface area contributed by atoms with E-state index in [4.69, 9.17) is 0 Å². The van der Waals surface area contributed by atoms with E-state index in [1.54, 1.807) is 0 Å². The standard InChI is InChI=1S/C25H29N3O3/c1-17-13-24(2,3)16-25(14-17)22(30)28(23(31)27-25)15-21(29)26-20-12-8-7-11-19(20)18-9-5-4-6-10-18/h4-12,17H,13-16H2,1-3H3,(H,26,29)(H,27,31). The second-order valence-corrected chi connectivity index (χ2v) is 9.72. The lowest BCUT2D eigenvalue weighted by Crippen LogP contribution is -2.54. The highest BCUT2D eigenvalue weighted by Crippen LogP contribution is 2.46. The third-order valence-electron chi connectivity index (χ3n) is 6.21. The number of amides is 4.